The predicted molar refractivity (Wildman–Crippen MR) is 259 cm³/mol. The predicted octanol–water partition coefficient (Wildman–Crippen LogP) is -4.58. The summed E-state index contributed by atoms with van der Waals surface area (Å²) in [7, 11) is 0. The fraction of sp³-hybridized carbons (Fsp3) is 0.591. The highest BCUT2D eigenvalue weighted by Gasteiger charge is 2.34. The zero-order valence-electron chi connectivity index (χ0n) is 40.5. The first-order valence-electron chi connectivity index (χ1n) is 23.0. The van der Waals surface area contributed by atoms with Crippen LogP contribution < -0.4 is 65.5 Å². The Bertz CT molecular complexity index is 2050. The molecule has 0 fully saturated rings. The number of aliphatic carboxylic acids is 2. The van der Waals surface area contributed by atoms with Gasteiger partial charge in [-0.3, -0.25) is 52.7 Å². The number of hydrogen-bond donors (Lipinski definition) is 15. The number of rotatable bonds is 36. The SMILES string of the molecule is CSCC[C@H](NC(=O)[C@H](CC(N)=O)NC(=O)[C@H](Cc1ccc(O)cc1)NC(=O)[C@H](CCC(N)=O)NC(=O)[C@@H](N)CCC(=O)O)C(=O)N[C@@H](CC(C)C)C(=O)NCC(=O)NCC(=O)N[C@@H](CCCCN)C(=O)O. The summed E-state index contributed by atoms with van der Waals surface area (Å²) < 4.78 is 0. The molecule has 19 N–H and O–H groups in total. The number of carboxylic acids is 2. The van der Waals surface area contributed by atoms with E-state index >= 15 is 0 Å². The van der Waals surface area contributed by atoms with Gasteiger partial charge in [0, 0.05) is 19.3 Å². The summed E-state index contributed by atoms with van der Waals surface area (Å²) in [6.07, 6.45) is 0.0771. The highest BCUT2D eigenvalue weighted by molar-refractivity contribution is 7.98. The number of nitrogens with two attached hydrogens (primary N) is 4. The van der Waals surface area contributed by atoms with Crippen molar-refractivity contribution in [1.82, 2.24) is 42.5 Å². The van der Waals surface area contributed by atoms with E-state index < -0.39 is 146 Å². The van der Waals surface area contributed by atoms with E-state index in [4.69, 9.17) is 28.0 Å². The molecule has 0 unspecified atom stereocenters. The van der Waals surface area contributed by atoms with Crippen molar-refractivity contribution in [2.75, 3.05) is 31.6 Å². The molecule has 0 aromatic heterocycles. The van der Waals surface area contributed by atoms with Gasteiger partial charge in [0.05, 0.1) is 25.6 Å². The molecular weight excluding hydrogens is 969 g/mol. The zero-order chi connectivity index (χ0) is 54.5. The van der Waals surface area contributed by atoms with Crippen LogP contribution in [0.2, 0.25) is 0 Å². The van der Waals surface area contributed by atoms with Crippen molar-refractivity contribution < 1.29 is 72.9 Å². The van der Waals surface area contributed by atoms with E-state index in [0.717, 1.165) is 0 Å². The van der Waals surface area contributed by atoms with E-state index in [1.165, 1.54) is 36.0 Å². The molecule has 7 atom stereocenters. The molecule has 0 aliphatic carbocycles. The van der Waals surface area contributed by atoms with Gasteiger partial charge in [0.15, 0.2) is 0 Å². The number of nitrogens with one attached hydrogen (secondary N) is 8. The Balaban J connectivity index is 3.32. The van der Waals surface area contributed by atoms with E-state index in [1.807, 2.05) is 0 Å². The molecule has 0 aliphatic rings. The topological polar surface area (TPSA) is 466 Å². The molecule has 0 saturated heterocycles. The fourth-order valence-corrected chi connectivity index (χ4v) is 7.03. The lowest BCUT2D eigenvalue weighted by molar-refractivity contribution is -0.142. The lowest BCUT2D eigenvalue weighted by atomic mass is 10.0. The summed E-state index contributed by atoms with van der Waals surface area (Å²) in [5, 5.41) is 47.4. The molecule has 402 valence electrons. The smallest absolute Gasteiger partial charge is 0.326 e. The number of carboxylic acid groups (broad SMARTS) is 2. The number of phenols is 1. The van der Waals surface area contributed by atoms with E-state index in [1.54, 1.807) is 20.1 Å². The second-order valence-electron chi connectivity index (χ2n) is 17.0. The molecule has 0 bridgehead atoms. The van der Waals surface area contributed by atoms with Crippen molar-refractivity contribution in [2.24, 2.45) is 28.9 Å². The van der Waals surface area contributed by atoms with Gasteiger partial charge in [-0.2, -0.15) is 11.8 Å². The number of aromatic hydroxyl groups is 1. The van der Waals surface area contributed by atoms with Crippen molar-refractivity contribution >= 4 is 82.8 Å². The number of phenolic OH excluding ortho intramolecular Hbond substituents is 1. The molecule has 0 spiro atoms. The first-order chi connectivity index (χ1) is 33.9. The lowest BCUT2D eigenvalue weighted by Gasteiger charge is -2.27. The number of benzene rings is 1. The summed E-state index contributed by atoms with van der Waals surface area (Å²) in [5.74, 6) is -12.0. The second kappa shape index (κ2) is 33.5. The lowest BCUT2D eigenvalue weighted by Crippen LogP contribution is -2.60. The monoisotopic (exact) mass is 1040 g/mol. The summed E-state index contributed by atoms with van der Waals surface area (Å²) in [4.78, 5) is 153. The Kier molecular flexibility index (Phi) is 29.3. The molecule has 0 aliphatic heterocycles. The van der Waals surface area contributed by atoms with Crippen LogP contribution in [-0.4, -0.2) is 160 Å². The normalized spacial score (nSPS) is 13.8. The van der Waals surface area contributed by atoms with Gasteiger partial charge in [0.2, 0.25) is 59.1 Å². The molecule has 0 saturated carbocycles. The maximum Gasteiger partial charge on any atom is 0.326 e. The van der Waals surface area contributed by atoms with Crippen LogP contribution in [-0.2, 0) is 64.0 Å². The Morgan fingerprint density at radius 2 is 1.12 bits per heavy atom. The third-order valence-corrected chi connectivity index (χ3v) is 11.0. The highest BCUT2D eigenvalue weighted by atomic mass is 32.2. The number of carbonyl (C=O) groups excluding carboxylic acids is 10. The van der Waals surface area contributed by atoms with Crippen LogP contribution in [0.15, 0.2) is 24.3 Å². The van der Waals surface area contributed by atoms with Gasteiger partial charge in [-0.05, 0) is 87.1 Å². The van der Waals surface area contributed by atoms with Crippen LogP contribution in [0.4, 0.5) is 0 Å². The van der Waals surface area contributed by atoms with Crippen molar-refractivity contribution in [3.63, 3.8) is 0 Å². The highest BCUT2D eigenvalue weighted by Crippen LogP contribution is 2.14. The van der Waals surface area contributed by atoms with Crippen molar-refractivity contribution in [1.29, 1.82) is 0 Å². The largest absolute Gasteiger partial charge is 0.508 e. The average molecular weight is 1040 g/mol. The van der Waals surface area contributed by atoms with Crippen LogP contribution in [0.5, 0.6) is 5.75 Å². The molecule has 1 aromatic rings. The number of carbonyl (C=O) groups is 12. The number of unbranched alkanes of at least 4 members (excludes halogenated alkanes) is 1. The molecule has 0 radical (unpaired) electrons. The summed E-state index contributed by atoms with van der Waals surface area (Å²) in [5.41, 5.74) is 22.4. The van der Waals surface area contributed by atoms with Crippen LogP contribution in [0.25, 0.3) is 0 Å². The molecule has 1 rings (SSSR count). The van der Waals surface area contributed by atoms with Gasteiger partial charge in [-0.25, -0.2) is 4.79 Å². The van der Waals surface area contributed by atoms with E-state index in [-0.39, 0.29) is 55.9 Å². The molecule has 10 amide bonds. The molecule has 27 nitrogen and oxygen atoms in total. The van der Waals surface area contributed by atoms with E-state index in [2.05, 4.69) is 42.5 Å². The van der Waals surface area contributed by atoms with Gasteiger partial charge < -0.3 is 80.8 Å². The number of amides is 10. The minimum Gasteiger partial charge on any atom is -0.508 e. The van der Waals surface area contributed by atoms with Gasteiger partial charge in [0.1, 0.15) is 42.0 Å². The first-order valence-corrected chi connectivity index (χ1v) is 24.4. The van der Waals surface area contributed by atoms with E-state index in [9.17, 15) is 67.7 Å². The quantitative estimate of drug-likeness (QED) is 0.0281. The van der Waals surface area contributed by atoms with Crippen LogP contribution in [0, 0.1) is 5.92 Å². The minimum absolute atomic E-state index is 0.0376. The summed E-state index contributed by atoms with van der Waals surface area (Å²) in [6, 6.07) is -4.80. The fourth-order valence-electron chi connectivity index (χ4n) is 6.56. The molecule has 28 heteroatoms. The van der Waals surface area contributed by atoms with Gasteiger partial charge in [0.25, 0.3) is 0 Å². The molecule has 72 heavy (non-hydrogen) atoms. The minimum atomic E-state index is -1.78. The maximum atomic E-state index is 14.1. The summed E-state index contributed by atoms with van der Waals surface area (Å²) in [6.45, 7) is 2.59. The third-order valence-electron chi connectivity index (χ3n) is 10.4. The van der Waals surface area contributed by atoms with Gasteiger partial charge in [-0.1, -0.05) is 26.0 Å². The number of hydrogen-bond acceptors (Lipinski definition) is 16. The maximum absolute atomic E-state index is 14.1. The van der Waals surface area contributed by atoms with Crippen molar-refractivity contribution in [2.45, 2.75) is 127 Å². The average Bonchev–Trinajstić information content (AvgIpc) is 3.30. The second-order valence-corrected chi connectivity index (χ2v) is 18.0. The zero-order valence-corrected chi connectivity index (χ0v) is 41.3. The number of primary amides is 2. The Hall–Kier alpha value is -7.07. The third kappa shape index (κ3) is 26.2. The van der Waals surface area contributed by atoms with Crippen LogP contribution in [0.1, 0.15) is 83.6 Å². The molecule has 1 aromatic carbocycles. The van der Waals surface area contributed by atoms with Crippen molar-refractivity contribution in [3.05, 3.63) is 29.8 Å². The Morgan fingerprint density at radius 1 is 0.583 bits per heavy atom. The van der Waals surface area contributed by atoms with Gasteiger partial charge >= 0.3 is 11.9 Å². The van der Waals surface area contributed by atoms with Gasteiger partial charge in [-0.15, -0.1) is 0 Å². The van der Waals surface area contributed by atoms with Crippen LogP contribution in [0.3, 0.4) is 0 Å². The Morgan fingerprint density at radius 3 is 1.68 bits per heavy atom. The molecular formula is C44H70N12O15S. The Labute approximate surface area is 420 Å². The summed E-state index contributed by atoms with van der Waals surface area (Å²) >= 11 is 1.29. The standard InChI is InChI=1S/C44H70N12O15S/c1-23(2)18-30(39(65)50-21-35(60)49-22-36(61)51-29(44(70)71)6-4-5-16-45)54-41(67)28(15-17-72-3)53-43(69)32(20-34(48)59)56-42(68)31(19-24-7-9-25(57)10-8-24)55-40(66)27(12-13-33(47)58)52-38(64)26(46)11-14-37(62)63/h7-10,23,26-32,57H,4-6,11-22,45-46H2,1-3H3,(H2,47,58)(H2,48,59)(H,49,60)(H,50,65)(H,51,61)(H,52,64)(H,53,69)(H,54,67)(H,55,66)(H,56,68)(H,62,63)(H,70,71)/t26-,27-,28-,29-,30-,31-,32-/m0/s1. The van der Waals surface area contributed by atoms with Crippen molar-refractivity contribution in [3.8, 4) is 5.75 Å². The van der Waals surface area contributed by atoms with E-state index in [0.29, 0.717) is 24.9 Å². The van der Waals surface area contributed by atoms with Crippen LogP contribution >= 0.6 is 11.8 Å². The first kappa shape index (κ1) is 62.9. The number of thioether (sulfide) groups is 1. The molecule has 0 heterocycles.